The summed E-state index contributed by atoms with van der Waals surface area (Å²) in [4.78, 5) is 59.8. The Bertz CT molecular complexity index is 862. The van der Waals surface area contributed by atoms with Crippen LogP contribution in [-0.2, 0) is 30.4 Å². The number of phenolic OH excluding ortho intramolecular Hbond substituents is 1. The van der Waals surface area contributed by atoms with Gasteiger partial charge in [0.15, 0.2) is 0 Å². The van der Waals surface area contributed by atoms with Gasteiger partial charge in [0.05, 0.1) is 19.6 Å². The Morgan fingerprint density at radius 3 is 1.82 bits per heavy atom. The molecule has 0 aromatic heterocycles. The molecule has 11 N–H and O–H groups in total. The second-order valence-corrected chi connectivity index (χ2v) is 7.03. The molecule has 0 aliphatic carbocycles. The van der Waals surface area contributed by atoms with Crippen molar-refractivity contribution < 1.29 is 44.4 Å². The summed E-state index contributed by atoms with van der Waals surface area (Å²) in [6.45, 7) is -1.65. The number of aliphatic hydroxyl groups excluding tert-OH is 2. The molecule has 1 rings (SSSR count). The van der Waals surface area contributed by atoms with Gasteiger partial charge in [-0.15, -0.1) is 0 Å². The average Bonchev–Trinajstić information content (AvgIpc) is 2.76. The number of hydrogen-bond acceptors (Lipinski definition) is 9. The lowest BCUT2D eigenvalue weighted by molar-refractivity contribution is -0.143. The molecule has 1 aromatic carbocycles. The molecule has 4 atom stereocenters. The van der Waals surface area contributed by atoms with E-state index in [0.717, 1.165) is 0 Å². The highest BCUT2D eigenvalue weighted by molar-refractivity contribution is 5.96. The number of carboxylic acid groups (broad SMARTS) is 1. The van der Waals surface area contributed by atoms with Crippen molar-refractivity contribution in [2.75, 3.05) is 13.2 Å². The number of aliphatic hydroxyl groups is 2. The van der Waals surface area contributed by atoms with E-state index in [2.05, 4.69) is 10.6 Å². The molecular formula is C19H27N5O9. The molecule has 0 spiro atoms. The molecule has 4 unspecified atom stereocenters. The maximum atomic E-state index is 12.9. The van der Waals surface area contributed by atoms with Crippen molar-refractivity contribution >= 4 is 29.6 Å². The molecule has 0 radical (unpaired) electrons. The number of aliphatic carboxylic acids is 1. The Hall–Kier alpha value is -3.75. The second-order valence-electron chi connectivity index (χ2n) is 7.03. The summed E-state index contributed by atoms with van der Waals surface area (Å²) < 4.78 is 0. The zero-order valence-corrected chi connectivity index (χ0v) is 17.4. The van der Waals surface area contributed by atoms with Gasteiger partial charge in [0.1, 0.15) is 29.9 Å². The number of benzene rings is 1. The number of nitrogens with two attached hydrogens (primary N) is 2. The first-order chi connectivity index (χ1) is 15.5. The van der Waals surface area contributed by atoms with Crippen molar-refractivity contribution in [2.45, 2.75) is 37.0 Å². The van der Waals surface area contributed by atoms with Crippen molar-refractivity contribution in [1.82, 2.24) is 16.0 Å². The number of primary amides is 1. The van der Waals surface area contributed by atoms with Crippen molar-refractivity contribution in [1.29, 1.82) is 0 Å². The second kappa shape index (κ2) is 12.9. The highest BCUT2D eigenvalue weighted by Gasteiger charge is 2.31. The predicted octanol–water partition coefficient (Wildman–Crippen LogP) is -4.34. The van der Waals surface area contributed by atoms with Crippen LogP contribution in [-0.4, -0.2) is 87.4 Å². The zero-order valence-electron chi connectivity index (χ0n) is 17.4. The molecule has 33 heavy (non-hydrogen) atoms. The van der Waals surface area contributed by atoms with Crippen LogP contribution in [0.15, 0.2) is 24.3 Å². The highest BCUT2D eigenvalue weighted by atomic mass is 16.4. The highest BCUT2D eigenvalue weighted by Crippen LogP contribution is 2.12. The van der Waals surface area contributed by atoms with E-state index in [-0.39, 0.29) is 12.2 Å². The number of carbonyl (C=O) groups is 5. The predicted molar refractivity (Wildman–Crippen MR) is 111 cm³/mol. The molecule has 0 heterocycles. The van der Waals surface area contributed by atoms with Gasteiger partial charge in [-0.3, -0.25) is 19.2 Å². The molecule has 0 saturated carbocycles. The van der Waals surface area contributed by atoms with Gasteiger partial charge in [-0.25, -0.2) is 4.79 Å². The van der Waals surface area contributed by atoms with E-state index in [9.17, 15) is 29.1 Å². The number of aromatic hydroxyl groups is 1. The Kier molecular flexibility index (Phi) is 10.7. The van der Waals surface area contributed by atoms with Crippen molar-refractivity contribution in [3.63, 3.8) is 0 Å². The Labute approximate surface area is 187 Å². The number of amides is 4. The van der Waals surface area contributed by atoms with E-state index >= 15 is 0 Å². The van der Waals surface area contributed by atoms with Gasteiger partial charge in [-0.1, -0.05) is 12.1 Å². The van der Waals surface area contributed by atoms with Gasteiger partial charge >= 0.3 is 5.97 Å². The van der Waals surface area contributed by atoms with E-state index < -0.39 is 73.4 Å². The summed E-state index contributed by atoms with van der Waals surface area (Å²) in [6, 6.07) is -0.359. The smallest absolute Gasteiger partial charge is 0.328 e. The third-order valence-electron chi connectivity index (χ3n) is 4.38. The quantitative estimate of drug-likeness (QED) is 0.134. The average molecular weight is 469 g/mol. The number of carboxylic acids is 1. The van der Waals surface area contributed by atoms with Crippen LogP contribution in [0.25, 0.3) is 0 Å². The minimum Gasteiger partial charge on any atom is -0.508 e. The summed E-state index contributed by atoms with van der Waals surface area (Å²) in [5.41, 5.74) is 11.1. The molecule has 0 bridgehead atoms. The summed E-state index contributed by atoms with van der Waals surface area (Å²) >= 11 is 0. The van der Waals surface area contributed by atoms with Crippen LogP contribution in [0.5, 0.6) is 5.75 Å². The number of hydrogen-bond donors (Lipinski definition) is 9. The van der Waals surface area contributed by atoms with Gasteiger partial charge in [0, 0.05) is 6.42 Å². The third kappa shape index (κ3) is 9.10. The number of phenols is 1. The fraction of sp³-hybridized carbons (Fsp3) is 0.421. The van der Waals surface area contributed by atoms with Crippen LogP contribution in [0, 0.1) is 0 Å². The SMILES string of the molecule is NC(=O)CC(NC(=O)C(Cc1ccc(O)cc1)NC(=O)C(N)CO)C(=O)NC(CO)C(=O)O. The molecule has 0 saturated heterocycles. The minimum absolute atomic E-state index is 0.0406. The molecule has 182 valence electrons. The van der Waals surface area contributed by atoms with E-state index in [4.69, 9.17) is 26.8 Å². The molecule has 0 aliphatic heterocycles. The van der Waals surface area contributed by atoms with E-state index in [1.54, 1.807) is 0 Å². The Balaban J connectivity index is 3.09. The molecular weight excluding hydrogens is 442 g/mol. The standard InChI is InChI=1S/C19H27N5O9/c20-11(7-25)16(29)22-12(5-9-1-3-10(27)4-2-9)17(30)23-13(6-15(21)28)18(31)24-14(8-26)19(32)33/h1-4,11-14,25-27H,5-8,20H2,(H2,21,28)(H,22,29)(H,23,30)(H,24,31)(H,32,33). The van der Waals surface area contributed by atoms with E-state index in [1.807, 2.05) is 5.32 Å². The van der Waals surface area contributed by atoms with Crippen LogP contribution in [0.1, 0.15) is 12.0 Å². The van der Waals surface area contributed by atoms with Crippen molar-refractivity contribution in [2.24, 2.45) is 11.5 Å². The van der Waals surface area contributed by atoms with E-state index in [0.29, 0.717) is 5.56 Å². The zero-order chi connectivity index (χ0) is 25.1. The first-order valence-corrected chi connectivity index (χ1v) is 9.65. The summed E-state index contributed by atoms with van der Waals surface area (Å²) in [5, 5.41) is 43.0. The maximum absolute atomic E-state index is 12.9. The molecule has 14 heteroatoms. The molecule has 0 aliphatic rings. The van der Waals surface area contributed by atoms with Gasteiger partial charge in [-0.05, 0) is 17.7 Å². The number of nitrogens with one attached hydrogen (secondary N) is 3. The van der Waals surface area contributed by atoms with Gasteiger partial charge in [0.2, 0.25) is 23.6 Å². The molecule has 4 amide bonds. The summed E-state index contributed by atoms with van der Waals surface area (Å²) in [5.74, 6) is -5.51. The van der Waals surface area contributed by atoms with Gasteiger partial charge < -0.3 is 47.8 Å². The number of rotatable bonds is 13. The van der Waals surface area contributed by atoms with Gasteiger partial charge in [0.25, 0.3) is 0 Å². The van der Waals surface area contributed by atoms with Crippen molar-refractivity contribution in [3.8, 4) is 5.75 Å². The Morgan fingerprint density at radius 2 is 1.33 bits per heavy atom. The van der Waals surface area contributed by atoms with Crippen LogP contribution in [0.2, 0.25) is 0 Å². The fourth-order valence-electron chi connectivity index (χ4n) is 2.58. The van der Waals surface area contributed by atoms with Crippen LogP contribution < -0.4 is 27.4 Å². The van der Waals surface area contributed by atoms with Crippen molar-refractivity contribution in [3.05, 3.63) is 29.8 Å². The Morgan fingerprint density at radius 1 is 0.818 bits per heavy atom. The molecule has 14 nitrogen and oxygen atoms in total. The molecule has 0 fully saturated rings. The number of carbonyl (C=O) groups excluding carboxylic acids is 4. The lowest BCUT2D eigenvalue weighted by Gasteiger charge is -2.24. The van der Waals surface area contributed by atoms with E-state index in [1.165, 1.54) is 24.3 Å². The third-order valence-corrected chi connectivity index (χ3v) is 4.38. The first kappa shape index (κ1) is 27.3. The minimum atomic E-state index is -1.69. The fourth-order valence-corrected chi connectivity index (χ4v) is 2.58. The van der Waals surface area contributed by atoms with Crippen LogP contribution in [0.3, 0.4) is 0 Å². The van der Waals surface area contributed by atoms with Crippen LogP contribution >= 0.6 is 0 Å². The lowest BCUT2D eigenvalue weighted by atomic mass is 10.0. The monoisotopic (exact) mass is 469 g/mol. The van der Waals surface area contributed by atoms with Crippen LogP contribution in [0.4, 0.5) is 0 Å². The largest absolute Gasteiger partial charge is 0.508 e. The summed E-state index contributed by atoms with van der Waals surface area (Å²) in [6.07, 6.45) is -0.833. The lowest BCUT2D eigenvalue weighted by Crippen LogP contribution is -2.58. The first-order valence-electron chi connectivity index (χ1n) is 9.65. The maximum Gasteiger partial charge on any atom is 0.328 e. The normalized spacial score (nSPS) is 14.3. The summed E-state index contributed by atoms with van der Waals surface area (Å²) in [7, 11) is 0. The topological polar surface area (TPSA) is 254 Å². The van der Waals surface area contributed by atoms with Gasteiger partial charge in [-0.2, -0.15) is 0 Å². The molecule has 1 aromatic rings.